The lowest BCUT2D eigenvalue weighted by molar-refractivity contribution is 0.110. The molecule has 1 N–H and O–H groups in total. The highest BCUT2D eigenvalue weighted by atomic mass is 35.5. The molecule has 0 bridgehead atoms. The van der Waals surface area contributed by atoms with Crippen LogP contribution in [0.5, 0.6) is 0 Å². The molecule has 0 unspecified atom stereocenters. The van der Waals surface area contributed by atoms with E-state index in [2.05, 4.69) is 40.3 Å². The summed E-state index contributed by atoms with van der Waals surface area (Å²) in [4.78, 5) is 0. The van der Waals surface area contributed by atoms with Crippen molar-refractivity contribution in [2.24, 2.45) is 0 Å². The summed E-state index contributed by atoms with van der Waals surface area (Å²) in [5.41, 5.74) is 3.67. The summed E-state index contributed by atoms with van der Waals surface area (Å²) in [6.07, 6.45) is 4.93. The molecule has 1 aliphatic heterocycles. The molecule has 2 aromatic carbocycles. The first kappa shape index (κ1) is 17.9. The maximum absolute atomic E-state index is 6.17. The van der Waals surface area contributed by atoms with Crippen LogP contribution in [0, 0.1) is 0 Å². The molecule has 0 radical (unpaired) electrons. The summed E-state index contributed by atoms with van der Waals surface area (Å²) in [5, 5.41) is 6.02. The van der Waals surface area contributed by atoms with E-state index in [-0.39, 0.29) is 0 Å². The van der Waals surface area contributed by atoms with Gasteiger partial charge in [0.05, 0.1) is 16.1 Å². The molecule has 26 heavy (non-hydrogen) atoms. The van der Waals surface area contributed by atoms with Crippen LogP contribution in [0.25, 0.3) is 10.9 Å². The molecule has 1 aromatic heterocycles. The largest absolute Gasteiger partial charge is 0.377 e. The van der Waals surface area contributed by atoms with E-state index >= 15 is 0 Å². The monoisotopic (exact) mass is 388 g/mol. The van der Waals surface area contributed by atoms with E-state index in [0.717, 1.165) is 38.2 Å². The fourth-order valence-electron chi connectivity index (χ4n) is 3.60. The molecule has 136 valence electrons. The van der Waals surface area contributed by atoms with E-state index in [4.69, 9.17) is 27.9 Å². The maximum atomic E-state index is 6.17. The number of halogens is 2. The van der Waals surface area contributed by atoms with Crippen molar-refractivity contribution >= 4 is 34.1 Å². The lowest BCUT2D eigenvalue weighted by Gasteiger charge is -2.10. The molecule has 0 saturated carbocycles. The van der Waals surface area contributed by atoms with Gasteiger partial charge in [-0.3, -0.25) is 0 Å². The fourth-order valence-corrected chi connectivity index (χ4v) is 3.92. The van der Waals surface area contributed by atoms with E-state index in [0.29, 0.717) is 16.1 Å². The van der Waals surface area contributed by atoms with E-state index in [9.17, 15) is 0 Å². The van der Waals surface area contributed by atoms with Crippen LogP contribution >= 0.6 is 23.2 Å². The second-order valence-corrected chi connectivity index (χ2v) is 7.63. The number of ether oxygens (including phenoxy) is 1. The molecule has 5 heteroatoms. The van der Waals surface area contributed by atoms with Crippen LogP contribution in [0.4, 0.5) is 0 Å². The molecule has 1 aliphatic rings. The second kappa shape index (κ2) is 8.01. The highest BCUT2D eigenvalue weighted by Crippen LogP contribution is 2.26. The Kier molecular flexibility index (Phi) is 5.51. The second-order valence-electron chi connectivity index (χ2n) is 6.81. The van der Waals surface area contributed by atoms with E-state index in [1.807, 2.05) is 18.2 Å². The number of rotatable bonds is 6. The molecule has 2 heterocycles. The molecular formula is C21H22Cl2N2O. The molecule has 4 rings (SSSR count). The summed E-state index contributed by atoms with van der Waals surface area (Å²) >= 11 is 12.2. The minimum atomic E-state index is 0.361. The molecule has 0 aliphatic carbocycles. The quantitative estimate of drug-likeness (QED) is 0.622. The lowest BCUT2D eigenvalue weighted by atomic mass is 10.1. The average Bonchev–Trinajstić information content (AvgIpc) is 3.27. The molecule has 1 atom stereocenters. The van der Waals surface area contributed by atoms with Crippen LogP contribution < -0.4 is 5.32 Å². The van der Waals surface area contributed by atoms with Crippen molar-refractivity contribution in [3.05, 3.63) is 69.8 Å². The summed E-state index contributed by atoms with van der Waals surface area (Å²) in [6, 6.07) is 14.3. The van der Waals surface area contributed by atoms with Gasteiger partial charge in [-0.2, -0.15) is 0 Å². The zero-order chi connectivity index (χ0) is 17.9. The highest BCUT2D eigenvalue weighted by Gasteiger charge is 2.15. The van der Waals surface area contributed by atoms with E-state index < -0.39 is 0 Å². The Morgan fingerprint density at radius 2 is 2.00 bits per heavy atom. The predicted octanol–water partition coefficient (Wildman–Crippen LogP) is 5.27. The molecule has 3 aromatic rings. The lowest BCUT2D eigenvalue weighted by Crippen LogP contribution is -2.25. The van der Waals surface area contributed by atoms with Gasteiger partial charge in [0.15, 0.2) is 0 Å². The van der Waals surface area contributed by atoms with Crippen molar-refractivity contribution in [1.29, 1.82) is 0 Å². The van der Waals surface area contributed by atoms with Gasteiger partial charge in [0, 0.05) is 43.3 Å². The maximum Gasteiger partial charge on any atom is 0.0700 e. The van der Waals surface area contributed by atoms with Gasteiger partial charge in [-0.1, -0.05) is 47.5 Å². The van der Waals surface area contributed by atoms with Gasteiger partial charge < -0.3 is 14.6 Å². The van der Waals surface area contributed by atoms with E-state index in [1.165, 1.54) is 22.9 Å². The number of para-hydroxylation sites is 1. The normalized spacial score (nSPS) is 17.2. The third-order valence-corrected chi connectivity index (χ3v) is 5.66. The first-order valence-electron chi connectivity index (χ1n) is 9.04. The molecular weight excluding hydrogens is 367 g/mol. The average molecular weight is 389 g/mol. The van der Waals surface area contributed by atoms with Gasteiger partial charge in [0.1, 0.15) is 0 Å². The number of hydrogen-bond acceptors (Lipinski definition) is 2. The zero-order valence-corrected chi connectivity index (χ0v) is 16.1. The SMILES string of the molecule is Clc1ccc(Cn2cc(CNC[C@@H]3CCCO3)c3ccccc32)cc1Cl. The summed E-state index contributed by atoms with van der Waals surface area (Å²) < 4.78 is 7.97. The summed E-state index contributed by atoms with van der Waals surface area (Å²) in [7, 11) is 0. The van der Waals surface area contributed by atoms with Gasteiger partial charge in [0.25, 0.3) is 0 Å². The third kappa shape index (κ3) is 3.91. The molecule has 3 nitrogen and oxygen atoms in total. The summed E-state index contributed by atoms with van der Waals surface area (Å²) in [6.45, 7) is 3.42. The Balaban J connectivity index is 1.53. The Morgan fingerprint density at radius 1 is 1.12 bits per heavy atom. The predicted molar refractivity (Wildman–Crippen MR) is 108 cm³/mol. The van der Waals surface area contributed by atoms with Crippen LogP contribution in [0.15, 0.2) is 48.7 Å². The van der Waals surface area contributed by atoms with Crippen LogP contribution in [0.1, 0.15) is 24.0 Å². The number of nitrogens with one attached hydrogen (secondary N) is 1. The third-order valence-electron chi connectivity index (χ3n) is 4.92. The van der Waals surface area contributed by atoms with Crippen molar-refractivity contribution in [3.8, 4) is 0 Å². The Bertz CT molecular complexity index is 900. The van der Waals surface area contributed by atoms with Crippen molar-refractivity contribution < 1.29 is 4.74 Å². The fraction of sp³-hybridized carbons (Fsp3) is 0.333. The standard InChI is InChI=1S/C21H22Cl2N2O/c22-19-8-7-15(10-20(19)23)13-25-14-16(18-5-1-2-6-21(18)25)11-24-12-17-4-3-9-26-17/h1-2,5-8,10,14,17,24H,3-4,9,11-13H2/t17-/m0/s1. The van der Waals surface area contributed by atoms with Gasteiger partial charge in [0.2, 0.25) is 0 Å². The Labute approximate surface area is 163 Å². The van der Waals surface area contributed by atoms with Crippen molar-refractivity contribution in [2.75, 3.05) is 13.2 Å². The minimum Gasteiger partial charge on any atom is -0.377 e. The number of aromatic nitrogens is 1. The summed E-state index contributed by atoms with van der Waals surface area (Å²) in [5.74, 6) is 0. The highest BCUT2D eigenvalue weighted by molar-refractivity contribution is 6.42. The number of hydrogen-bond donors (Lipinski definition) is 1. The van der Waals surface area contributed by atoms with Gasteiger partial charge in [-0.15, -0.1) is 0 Å². The van der Waals surface area contributed by atoms with Crippen LogP contribution in [0.3, 0.4) is 0 Å². The van der Waals surface area contributed by atoms with Crippen molar-refractivity contribution in [3.63, 3.8) is 0 Å². The van der Waals surface area contributed by atoms with Gasteiger partial charge in [-0.25, -0.2) is 0 Å². The van der Waals surface area contributed by atoms with Crippen LogP contribution in [-0.2, 0) is 17.8 Å². The minimum absolute atomic E-state index is 0.361. The zero-order valence-electron chi connectivity index (χ0n) is 14.6. The first-order chi connectivity index (χ1) is 12.7. The number of benzene rings is 2. The molecule has 1 saturated heterocycles. The molecule has 1 fully saturated rings. The van der Waals surface area contributed by atoms with Crippen molar-refractivity contribution in [2.45, 2.75) is 32.0 Å². The number of nitrogens with zero attached hydrogens (tertiary/aromatic N) is 1. The Morgan fingerprint density at radius 3 is 2.81 bits per heavy atom. The van der Waals surface area contributed by atoms with Crippen LogP contribution in [-0.4, -0.2) is 23.8 Å². The topological polar surface area (TPSA) is 26.2 Å². The van der Waals surface area contributed by atoms with Crippen molar-refractivity contribution in [1.82, 2.24) is 9.88 Å². The van der Waals surface area contributed by atoms with E-state index in [1.54, 1.807) is 0 Å². The molecule has 0 spiro atoms. The van der Waals surface area contributed by atoms with Gasteiger partial charge in [-0.05, 0) is 42.2 Å². The Hall–Kier alpha value is -1.52. The van der Waals surface area contributed by atoms with Crippen LogP contribution in [0.2, 0.25) is 10.0 Å². The first-order valence-corrected chi connectivity index (χ1v) is 9.79. The molecule has 0 amide bonds. The number of fused-ring (bicyclic) bond motifs is 1. The smallest absolute Gasteiger partial charge is 0.0700 e. The van der Waals surface area contributed by atoms with Gasteiger partial charge >= 0.3 is 0 Å².